The fourth-order valence-electron chi connectivity index (χ4n) is 3.26. The Hall–Kier alpha value is -2.78. The molecular weight excluding hydrogens is 312 g/mol. The number of nitrogens with zero attached hydrogens (tertiary/aromatic N) is 2. The molecule has 0 saturated carbocycles. The summed E-state index contributed by atoms with van der Waals surface area (Å²) in [5, 5.41) is 3.76. The van der Waals surface area contributed by atoms with Gasteiger partial charge in [-0.05, 0) is 23.8 Å². The zero-order chi connectivity index (χ0) is 16.1. The van der Waals surface area contributed by atoms with Crippen molar-refractivity contribution >= 4 is 42.4 Å². The molecule has 5 aromatic rings. The molecule has 0 bridgehead atoms. The third kappa shape index (κ3) is 1.95. The second-order valence-corrected chi connectivity index (χ2v) is 6.99. The van der Waals surface area contributed by atoms with E-state index in [4.69, 9.17) is 9.97 Å². The predicted molar refractivity (Wildman–Crippen MR) is 103 cm³/mol. The van der Waals surface area contributed by atoms with Gasteiger partial charge in [-0.3, -0.25) is 0 Å². The third-order valence-electron chi connectivity index (χ3n) is 4.41. The van der Waals surface area contributed by atoms with Gasteiger partial charge in [-0.1, -0.05) is 60.7 Å². The minimum Gasteiger partial charge on any atom is -0.232 e. The Bertz CT molecular complexity index is 1210. The van der Waals surface area contributed by atoms with Gasteiger partial charge >= 0.3 is 0 Å². The van der Waals surface area contributed by atoms with Crippen LogP contribution in [0.5, 0.6) is 0 Å². The molecular formula is C21H14N2S. The summed E-state index contributed by atoms with van der Waals surface area (Å²) in [4.78, 5) is 9.69. The molecule has 0 spiro atoms. The molecule has 0 atom stereocenters. The molecule has 0 unspecified atom stereocenters. The first kappa shape index (κ1) is 13.6. The van der Waals surface area contributed by atoms with Crippen molar-refractivity contribution in [2.45, 2.75) is 6.92 Å². The monoisotopic (exact) mass is 326 g/mol. The van der Waals surface area contributed by atoms with Gasteiger partial charge in [0.1, 0.15) is 0 Å². The first-order chi connectivity index (χ1) is 11.8. The van der Waals surface area contributed by atoms with Gasteiger partial charge in [0.2, 0.25) is 0 Å². The highest BCUT2D eigenvalue weighted by Crippen LogP contribution is 2.39. The molecule has 114 valence electrons. The Balaban J connectivity index is 1.95. The number of thiophene rings is 1. The number of benzene rings is 3. The zero-order valence-electron chi connectivity index (χ0n) is 13.2. The van der Waals surface area contributed by atoms with Gasteiger partial charge in [0.05, 0.1) is 15.9 Å². The van der Waals surface area contributed by atoms with Gasteiger partial charge in [0.25, 0.3) is 0 Å². The van der Waals surface area contributed by atoms with Crippen molar-refractivity contribution in [2.24, 2.45) is 0 Å². The molecule has 0 aliphatic heterocycles. The average Bonchev–Trinajstić information content (AvgIpc) is 3.02. The Morgan fingerprint density at radius 3 is 2.46 bits per heavy atom. The van der Waals surface area contributed by atoms with E-state index in [9.17, 15) is 0 Å². The SMILES string of the molecule is Cc1nc(-c2ccccc2)nc2c1sc1ccc3ccccc3c12. The molecule has 2 nitrogen and oxygen atoms in total. The molecule has 3 heteroatoms. The van der Waals surface area contributed by atoms with E-state index in [-0.39, 0.29) is 0 Å². The third-order valence-corrected chi connectivity index (χ3v) is 5.66. The second-order valence-electron chi connectivity index (χ2n) is 5.94. The summed E-state index contributed by atoms with van der Waals surface area (Å²) in [5.41, 5.74) is 3.17. The summed E-state index contributed by atoms with van der Waals surface area (Å²) in [6.07, 6.45) is 0. The maximum Gasteiger partial charge on any atom is 0.160 e. The summed E-state index contributed by atoms with van der Waals surface area (Å²) < 4.78 is 2.45. The lowest BCUT2D eigenvalue weighted by Gasteiger charge is -2.04. The van der Waals surface area contributed by atoms with Crippen LogP contribution in [-0.4, -0.2) is 9.97 Å². The summed E-state index contributed by atoms with van der Waals surface area (Å²) in [7, 11) is 0. The molecule has 2 heterocycles. The van der Waals surface area contributed by atoms with E-state index >= 15 is 0 Å². The lowest BCUT2D eigenvalue weighted by Crippen LogP contribution is -1.92. The van der Waals surface area contributed by atoms with Crippen molar-refractivity contribution in [2.75, 3.05) is 0 Å². The van der Waals surface area contributed by atoms with Gasteiger partial charge in [-0.2, -0.15) is 0 Å². The molecule has 0 aliphatic rings. The van der Waals surface area contributed by atoms with Gasteiger partial charge in [-0.15, -0.1) is 11.3 Å². The molecule has 0 N–H and O–H groups in total. The van der Waals surface area contributed by atoms with Crippen LogP contribution in [0.15, 0.2) is 66.7 Å². The van der Waals surface area contributed by atoms with E-state index in [1.807, 2.05) is 18.2 Å². The average molecular weight is 326 g/mol. The van der Waals surface area contributed by atoms with Gasteiger partial charge in [0, 0.05) is 15.6 Å². The van der Waals surface area contributed by atoms with E-state index in [0.717, 1.165) is 22.6 Å². The molecule has 2 aromatic heterocycles. The van der Waals surface area contributed by atoms with Gasteiger partial charge < -0.3 is 0 Å². The van der Waals surface area contributed by atoms with Crippen molar-refractivity contribution in [3.8, 4) is 11.4 Å². The second kappa shape index (κ2) is 5.11. The van der Waals surface area contributed by atoms with Crippen molar-refractivity contribution in [3.05, 3.63) is 72.4 Å². The highest BCUT2D eigenvalue weighted by molar-refractivity contribution is 7.26. The molecule has 5 rings (SSSR count). The summed E-state index contributed by atoms with van der Waals surface area (Å²) in [6, 6.07) is 23.1. The van der Waals surface area contributed by atoms with Crippen molar-refractivity contribution < 1.29 is 0 Å². The Labute approximate surface area is 143 Å². The largest absolute Gasteiger partial charge is 0.232 e. The number of rotatable bonds is 1. The fourth-order valence-corrected chi connectivity index (χ4v) is 4.36. The van der Waals surface area contributed by atoms with Crippen molar-refractivity contribution in [1.29, 1.82) is 0 Å². The fraction of sp³-hybridized carbons (Fsp3) is 0.0476. The van der Waals surface area contributed by atoms with Crippen LogP contribution in [0.2, 0.25) is 0 Å². The number of hydrogen-bond donors (Lipinski definition) is 0. The number of hydrogen-bond acceptors (Lipinski definition) is 3. The highest BCUT2D eigenvalue weighted by atomic mass is 32.1. The number of aryl methyl sites for hydroxylation is 1. The van der Waals surface area contributed by atoms with Gasteiger partial charge in [-0.25, -0.2) is 9.97 Å². The lowest BCUT2D eigenvalue weighted by atomic mass is 10.1. The maximum absolute atomic E-state index is 4.94. The van der Waals surface area contributed by atoms with Crippen LogP contribution >= 0.6 is 11.3 Å². The highest BCUT2D eigenvalue weighted by Gasteiger charge is 2.14. The molecule has 3 aromatic carbocycles. The first-order valence-corrected chi connectivity index (χ1v) is 8.77. The van der Waals surface area contributed by atoms with E-state index in [0.29, 0.717) is 0 Å². The topological polar surface area (TPSA) is 25.8 Å². The Morgan fingerprint density at radius 1 is 0.792 bits per heavy atom. The molecule has 0 amide bonds. The van der Waals surface area contributed by atoms with Crippen molar-refractivity contribution in [1.82, 2.24) is 9.97 Å². The summed E-state index contributed by atoms with van der Waals surface area (Å²) in [5.74, 6) is 0.799. The minimum absolute atomic E-state index is 0.799. The number of fused-ring (bicyclic) bond motifs is 5. The van der Waals surface area contributed by atoms with Crippen LogP contribution in [0.3, 0.4) is 0 Å². The van der Waals surface area contributed by atoms with Crippen LogP contribution in [0.1, 0.15) is 5.69 Å². The van der Waals surface area contributed by atoms with Crippen LogP contribution in [0, 0.1) is 6.92 Å². The molecule has 0 aliphatic carbocycles. The molecule has 0 radical (unpaired) electrons. The standard InChI is InChI=1S/C21H14N2S/c1-13-20-19(23-21(22-13)15-8-3-2-4-9-15)18-16-10-6-5-7-14(16)11-12-17(18)24-20/h2-12H,1H3. The number of aromatic nitrogens is 2. The first-order valence-electron chi connectivity index (χ1n) is 7.95. The van der Waals surface area contributed by atoms with Crippen molar-refractivity contribution in [3.63, 3.8) is 0 Å². The zero-order valence-corrected chi connectivity index (χ0v) is 14.0. The predicted octanol–water partition coefficient (Wildman–Crippen LogP) is 5.97. The van der Waals surface area contributed by atoms with E-state index in [1.54, 1.807) is 11.3 Å². The molecule has 24 heavy (non-hydrogen) atoms. The normalized spacial score (nSPS) is 11.5. The van der Waals surface area contributed by atoms with Crippen LogP contribution in [0.4, 0.5) is 0 Å². The van der Waals surface area contributed by atoms with Crippen LogP contribution in [-0.2, 0) is 0 Å². The maximum atomic E-state index is 4.94. The van der Waals surface area contributed by atoms with E-state index < -0.39 is 0 Å². The molecule has 0 fully saturated rings. The summed E-state index contributed by atoms with van der Waals surface area (Å²) in [6.45, 7) is 2.08. The Morgan fingerprint density at radius 2 is 1.58 bits per heavy atom. The van der Waals surface area contributed by atoms with Crippen LogP contribution < -0.4 is 0 Å². The van der Waals surface area contributed by atoms with Gasteiger partial charge in [0.15, 0.2) is 5.82 Å². The van der Waals surface area contributed by atoms with E-state index in [2.05, 4.69) is 55.5 Å². The quantitative estimate of drug-likeness (QED) is 0.379. The minimum atomic E-state index is 0.799. The Kier molecular flexibility index (Phi) is 2.91. The smallest absolute Gasteiger partial charge is 0.160 e. The van der Waals surface area contributed by atoms with E-state index in [1.165, 1.54) is 25.6 Å². The molecule has 0 saturated heterocycles. The van der Waals surface area contributed by atoms with Crippen LogP contribution in [0.25, 0.3) is 42.5 Å². The lowest BCUT2D eigenvalue weighted by molar-refractivity contribution is 1.17. The summed E-state index contributed by atoms with van der Waals surface area (Å²) >= 11 is 1.78.